The molecule has 4 heteroatoms. The predicted octanol–water partition coefficient (Wildman–Crippen LogP) is 2.93. The van der Waals surface area contributed by atoms with E-state index < -0.39 is 12.8 Å². The molecule has 1 aliphatic heterocycles. The van der Waals surface area contributed by atoms with Crippen LogP contribution in [-0.2, 0) is 13.6 Å². The summed E-state index contributed by atoms with van der Waals surface area (Å²) in [6, 6.07) is 0. The van der Waals surface area contributed by atoms with Crippen molar-refractivity contribution in [2.45, 2.75) is 32.9 Å². The highest BCUT2D eigenvalue weighted by Gasteiger charge is 2.47. The Bertz CT molecular complexity index is 255. The van der Waals surface area contributed by atoms with Crippen molar-refractivity contribution in [2.75, 3.05) is 6.61 Å². The second-order valence-electron chi connectivity index (χ2n) is 3.42. The lowest BCUT2D eigenvalue weighted by Crippen LogP contribution is -2.15. The molecule has 0 aromatic rings. The standard InChI is InChI=1S/C8H15O3P/c1-5-10-12(9)8(3,4)6-7(2)11-12/h6H,5H2,1-4H3. The monoisotopic (exact) mass is 190 g/mol. The lowest BCUT2D eigenvalue weighted by atomic mass is 10.2. The molecular weight excluding hydrogens is 175 g/mol. The maximum Gasteiger partial charge on any atom is 0.388 e. The molecule has 1 atom stereocenters. The van der Waals surface area contributed by atoms with Crippen molar-refractivity contribution >= 4 is 7.60 Å². The van der Waals surface area contributed by atoms with E-state index in [1.54, 1.807) is 6.92 Å². The van der Waals surface area contributed by atoms with E-state index in [1.165, 1.54) is 0 Å². The third-order valence-electron chi connectivity index (χ3n) is 1.83. The summed E-state index contributed by atoms with van der Waals surface area (Å²) in [6.07, 6.45) is 1.85. The van der Waals surface area contributed by atoms with Crippen molar-refractivity contribution in [3.8, 4) is 0 Å². The van der Waals surface area contributed by atoms with Crippen LogP contribution in [0, 0.1) is 0 Å². The molecule has 0 aromatic carbocycles. The zero-order chi connectivity index (χ0) is 9.41. The molecule has 0 bridgehead atoms. The highest BCUT2D eigenvalue weighted by molar-refractivity contribution is 7.56. The Labute approximate surface area is 73.3 Å². The first-order chi connectivity index (χ1) is 5.41. The van der Waals surface area contributed by atoms with Gasteiger partial charge >= 0.3 is 7.60 Å². The van der Waals surface area contributed by atoms with Gasteiger partial charge in [0, 0.05) is 0 Å². The Morgan fingerprint density at radius 3 is 2.58 bits per heavy atom. The second kappa shape index (κ2) is 2.90. The number of rotatable bonds is 2. The summed E-state index contributed by atoms with van der Waals surface area (Å²) >= 11 is 0. The molecule has 0 spiro atoms. The van der Waals surface area contributed by atoms with E-state index in [-0.39, 0.29) is 0 Å². The Balaban J connectivity index is 2.91. The van der Waals surface area contributed by atoms with Crippen LogP contribution in [-0.4, -0.2) is 11.8 Å². The zero-order valence-corrected chi connectivity index (χ0v) is 8.85. The fourth-order valence-electron chi connectivity index (χ4n) is 1.27. The second-order valence-corrected chi connectivity index (χ2v) is 6.00. The molecule has 0 saturated heterocycles. The van der Waals surface area contributed by atoms with Crippen molar-refractivity contribution in [2.24, 2.45) is 0 Å². The van der Waals surface area contributed by atoms with Gasteiger partial charge in [0.2, 0.25) is 0 Å². The van der Waals surface area contributed by atoms with Gasteiger partial charge in [-0.3, -0.25) is 4.52 Å². The molecule has 12 heavy (non-hydrogen) atoms. The third kappa shape index (κ3) is 1.44. The minimum absolute atomic E-state index is 0.418. The van der Waals surface area contributed by atoms with Gasteiger partial charge in [-0.05, 0) is 33.8 Å². The summed E-state index contributed by atoms with van der Waals surface area (Å²) in [5.41, 5.74) is 0. The minimum Gasteiger partial charge on any atom is -0.429 e. The predicted molar refractivity (Wildman–Crippen MR) is 48.2 cm³/mol. The molecule has 0 aromatic heterocycles. The number of hydrogen-bond donors (Lipinski definition) is 0. The van der Waals surface area contributed by atoms with E-state index in [9.17, 15) is 4.57 Å². The summed E-state index contributed by atoms with van der Waals surface area (Å²) in [6.45, 7) is 7.74. The van der Waals surface area contributed by atoms with Crippen molar-refractivity contribution in [1.82, 2.24) is 0 Å². The fourth-order valence-corrected chi connectivity index (χ4v) is 3.01. The quantitative estimate of drug-likeness (QED) is 0.628. The summed E-state index contributed by atoms with van der Waals surface area (Å²) in [7, 11) is -2.92. The number of hydrogen-bond acceptors (Lipinski definition) is 3. The molecule has 1 aliphatic rings. The topological polar surface area (TPSA) is 35.5 Å². The molecule has 70 valence electrons. The molecule has 1 heterocycles. The van der Waals surface area contributed by atoms with Gasteiger partial charge in [-0.25, -0.2) is 4.57 Å². The van der Waals surface area contributed by atoms with E-state index in [0.29, 0.717) is 12.4 Å². The number of allylic oxidation sites excluding steroid dienone is 2. The van der Waals surface area contributed by atoms with E-state index in [4.69, 9.17) is 9.05 Å². The van der Waals surface area contributed by atoms with Gasteiger partial charge in [0.25, 0.3) is 0 Å². The maximum atomic E-state index is 12.0. The maximum absolute atomic E-state index is 12.0. The lowest BCUT2D eigenvalue weighted by Gasteiger charge is -2.23. The van der Waals surface area contributed by atoms with Gasteiger partial charge in [0.1, 0.15) is 0 Å². The molecule has 1 rings (SSSR count). The molecule has 0 fully saturated rings. The Kier molecular flexibility index (Phi) is 2.37. The van der Waals surface area contributed by atoms with Crippen LogP contribution < -0.4 is 0 Å². The van der Waals surface area contributed by atoms with Crippen LogP contribution in [0.25, 0.3) is 0 Å². The van der Waals surface area contributed by atoms with Crippen LogP contribution in [0.5, 0.6) is 0 Å². The fraction of sp³-hybridized carbons (Fsp3) is 0.750. The van der Waals surface area contributed by atoms with Gasteiger partial charge in [0.15, 0.2) is 0 Å². The van der Waals surface area contributed by atoms with Crippen molar-refractivity contribution in [3.05, 3.63) is 11.8 Å². The van der Waals surface area contributed by atoms with Crippen LogP contribution >= 0.6 is 7.60 Å². The van der Waals surface area contributed by atoms with Gasteiger partial charge in [-0.15, -0.1) is 0 Å². The van der Waals surface area contributed by atoms with Crippen LogP contribution in [0.3, 0.4) is 0 Å². The summed E-state index contributed by atoms with van der Waals surface area (Å²) in [5.74, 6) is 0.691. The largest absolute Gasteiger partial charge is 0.429 e. The highest BCUT2D eigenvalue weighted by atomic mass is 31.2. The molecule has 0 N–H and O–H groups in total. The van der Waals surface area contributed by atoms with Gasteiger partial charge in [-0.1, -0.05) is 0 Å². The normalized spacial score (nSPS) is 32.8. The molecule has 1 unspecified atom stereocenters. The highest BCUT2D eigenvalue weighted by Crippen LogP contribution is 2.65. The van der Waals surface area contributed by atoms with Crippen molar-refractivity contribution < 1.29 is 13.6 Å². The van der Waals surface area contributed by atoms with E-state index >= 15 is 0 Å². The average molecular weight is 190 g/mol. The van der Waals surface area contributed by atoms with Crippen LogP contribution in [0.2, 0.25) is 0 Å². The first-order valence-electron chi connectivity index (χ1n) is 4.05. The lowest BCUT2D eigenvalue weighted by molar-refractivity contribution is 0.249. The SMILES string of the molecule is CCOP1(=O)OC(C)=CC1(C)C. The first kappa shape index (κ1) is 9.82. The van der Waals surface area contributed by atoms with Gasteiger partial charge in [-0.2, -0.15) is 0 Å². The third-order valence-corrected chi connectivity index (χ3v) is 4.49. The van der Waals surface area contributed by atoms with E-state index in [2.05, 4.69) is 0 Å². The van der Waals surface area contributed by atoms with Crippen LogP contribution in [0.4, 0.5) is 0 Å². The molecule has 3 nitrogen and oxygen atoms in total. The molecule has 0 amide bonds. The Morgan fingerprint density at radius 1 is 1.67 bits per heavy atom. The minimum atomic E-state index is -2.92. The Hall–Kier alpha value is -0.270. The van der Waals surface area contributed by atoms with Crippen LogP contribution in [0.1, 0.15) is 27.7 Å². The molecular formula is C8H15O3P. The van der Waals surface area contributed by atoms with Gasteiger partial charge in [0.05, 0.1) is 17.5 Å². The smallest absolute Gasteiger partial charge is 0.388 e. The molecule has 0 radical (unpaired) electrons. The molecule has 0 aliphatic carbocycles. The first-order valence-corrected chi connectivity index (χ1v) is 5.59. The van der Waals surface area contributed by atoms with E-state index in [0.717, 1.165) is 0 Å². The molecule has 0 saturated carbocycles. The van der Waals surface area contributed by atoms with Crippen molar-refractivity contribution in [3.63, 3.8) is 0 Å². The summed E-state index contributed by atoms with van der Waals surface area (Å²) in [5, 5.41) is -0.479. The van der Waals surface area contributed by atoms with Crippen LogP contribution in [0.15, 0.2) is 11.8 Å². The summed E-state index contributed by atoms with van der Waals surface area (Å²) in [4.78, 5) is 0. The summed E-state index contributed by atoms with van der Waals surface area (Å²) < 4.78 is 22.3. The van der Waals surface area contributed by atoms with Gasteiger partial charge < -0.3 is 4.52 Å². The zero-order valence-electron chi connectivity index (χ0n) is 7.96. The van der Waals surface area contributed by atoms with Crippen molar-refractivity contribution in [1.29, 1.82) is 0 Å². The van der Waals surface area contributed by atoms with E-state index in [1.807, 2.05) is 26.8 Å². The Morgan fingerprint density at radius 2 is 2.25 bits per heavy atom. The average Bonchev–Trinajstić information content (AvgIpc) is 2.02.